The maximum Gasteiger partial charge on any atom is 0.0841 e. The van der Waals surface area contributed by atoms with Crippen LogP contribution in [0.2, 0.25) is 0 Å². The van der Waals surface area contributed by atoms with Crippen molar-refractivity contribution in [3.05, 3.63) is 52.3 Å². The monoisotopic (exact) mass is 299 g/mol. The Bertz CT molecular complexity index is 700. The molecule has 0 amide bonds. The van der Waals surface area contributed by atoms with Gasteiger partial charge < -0.3 is 5.32 Å². The van der Waals surface area contributed by atoms with Crippen LogP contribution in [0.5, 0.6) is 0 Å². The maximum absolute atomic E-state index is 4.73. The van der Waals surface area contributed by atoms with Crippen molar-refractivity contribution >= 4 is 22.2 Å². The molecule has 2 aromatic heterocycles. The first-order valence-electron chi connectivity index (χ1n) is 7.46. The summed E-state index contributed by atoms with van der Waals surface area (Å²) in [5.74, 6) is 0. The highest BCUT2D eigenvalue weighted by Gasteiger charge is 2.10. The van der Waals surface area contributed by atoms with Gasteiger partial charge in [0, 0.05) is 24.5 Å². The number of thiophene rings is 1. The van der Waals surface area contributed by atoms with Gasteiger partial charge in [-0.15, -0.1) is 0 Å². The molecule has 0 aliphatic heterocycles. The summed E-state index contributed by atoms with van der Waals surface area (Å²) in [5.41, 5.74) is 3.77. The number of aryl methyl sites for hydroxylation is 1. The zero-order valence-corrected chi connectivity index (χ0v) is 13.4. The summed E-state index contributed by atoms with van der Waals surface area (Å²) in [7, 11) is 0. The van der Waals surface area contributed by atoms with Crippen molar-refractivity contribution in [3.63, 3.8) is 0 Å². The molecule has 1 aromatic carbocycles. The van der Waals surface area contributed by atoms with Gasteiger partial charge in [0.2, 0.25) is 0 Å². The van der Waals surface area contributed by atoms with E-state index < -0.39 is 0 Å². The van der Waals surface area contributed by atoms with Gasteiger partial charge in [0.1, 0.15) is 0 Å². The van der Waals surface area contributed by atoms with Crippen LogP contribution in [0, 0.1) is 0 Å². The molecule has 3 nitrogen and oxygen atoms in total. The van der Waals surface area contributed by atoms with E-state index in [-0.39, 0.29) is 0 Å². The van der Waals surface area contributed by atoms with Crippen molar-refractivity contribution in [2.75, 3.05) is 0 Å². The van der Waals surface area contributed by atoms with Crippen molar-refractivity contribution in [1.82, 2.24) is 15.1 Å². The summed E-state index contributed by atoms with van der Waals surface area (Å²) in [6.07, 6.45) is 1.07. The minimum atomic E-state index is 0.449. The fourth-order valence-corrected chi connectivity index (χ4v) is 3.35. The van der Waals surface area contributed by atoms with Crippen molar-refractivity contribution in [1.29, 1.82) is 0 Å². The molecule has 110 valence electrons. The summed E-state index contributed by atoms with van der Waals surface area (Å²) >= 11 is 1.76. The van der Waals surface area contributed by atoms with Gasteiger partial charge >= 0.3 is 0 Å². The quantitative estimate of drug-likeness (QED) is 0.749. The maximum atomic E-state index is 4.73. The van der Waals surface area contributed by atoms with E-state index in [1.54, 1.807) is 11.3 Å². The van der Waals surface area contributed by atoms with Crippen molar-refractivity contribution in [2.24, 2.45) is 0 Å². The van der Waals surface area contributed by atoms with E-state index in [1.165, 1.54) is 16.5 Å². The molecule has 0 saturated carbocycles. The van der Waals surface area contributed by atoms with Crippen LogP contribution in [0.4, 0.5) is 0 Å². The van der Waals surface area contributed by atoms with Gasteiger partial charge in [-0.2, -0.15) is 16.4 Å². The molecule has 3 rings (SSSR count). The minimum absolute atomic E-state index is 0.449. The van der Waals surface area contributed by atoms with Crippen LogP contribution in [-0.2, 0) is 19.5 Å². The lowest BCUT2D eigenvalue weighted by Gasteiger charge is -2.12. The molecule has 0 spiro atoms. The third-order valence-electron chi connectivity index (χ3n) is 3.77. The first kappa shape index (κ1) is 14.3. The van der Waals surface area contributed by atoms with Gasteiger partial charge in [0.15, 0.2) is 0 Å². The number of nitrogens with zero attached hydrogens (tertiary/aromatic N) is 2. The van der Waals surface area contributed by atoms with Crippen molar-refractivity contribution < 1.29 is 0 Å². The Morgan fingerprint density at radius 1 is 1.29 bits per heavy atom. The third kappa shape index (κ3) is 3.17. The average Bonchev–Trinajstić information content (AvgIpc) is 3.12. The zero-order valence-electron chi connectivity index (χ0n) is 12.5. The Hall–Kier alpha value is -1.65. The second-order valence-electron chi connectivity index (χ2n) is 5.40. The SMILES string of the molecule is CCn1nc(CNC(C)Cc2ccsc2)c2ccccc21. The van der Waals surface area contributed by atoms with Gasteiger partial charge in [-0.3, -0.25) is 4.68 Å². The Balaban J connectivity index is 1.70. The molecule has 0 radical (unpaired) electrons. The predicted molar refractivity (Wildman–Crippen MR) is 89.7 cm³/mol. The molecule has 1 atom stereocenters. The van der Waals surface area contributed by atoms with E-state index in [4.69, 9.17) is 5.10 Å². The molecule has 21 heavy (non-hydrogen) atoms. The predicted octanol–water partition coefficient (Wildman–Crippen LogP) is 3.84. The number of hydrogen-bond donors (Lipinski definition) is 1. The van der Waals surface area contributed by atoms with Crippen LogP contribution >= 0.6 is 11.3 Å². The highest BCUT2D eigenvalue weighted by Crippen LogP contribution is 2.18. The lowest BCUT2D eigenvalue weighted by Crippen LogP contribution is -2.27. The molecular formula is C17H21N3S. The summed E-state index contributed by atoms with van der Waals surface area (Å²) < 4.78 is 2.08. The molecule has 0 aliphatic carbocycles. The smallest absolute Gasteiger partial charge is 0.0841 e. The van der Waals surface area contributed by atoms with Crippen LogP contribution < -0.4 is 5.32 Å². The number of nitrogens with one attached hydrogen (secondary N) is 1. The summed E-state index contributed by atoms with van der Waals surface area (Å²) in [6, 6.07) is 11.1. The van der Waals surface area contributed by atoms with Crippen LogP contribution in [0.1, 0.15) is 25.1 Å². The Morgan fingerprint density at radius 3 is 2.90 bits per heavy atom. The molecule has 2 heterocycles. The van der Waals surface area contributed by atoms with Gasteiger partial charge in [-0.05, 0) is 48.7 Å². The number of benzene rings is 1. The van der Waals surface area contributed by atoms with Crippen LogP contribution in [0.3, 0.4) is 0 Å². The van der Waals surface area contributed by atoms with Crippen molar-refractivity contribution in [3.8, 4) is 0 Å². The molecule has 1 unspecified atom stereocenters. The van der Waals surface area contributed by atoms with Gasteiger partial charge in [0.05, 0.1) is 11.2 Å². The van der Waals surface area contributed by atoms with Crippen LogP contribution in [0.15, 0.2) is 41.1 Å². The van der Waals surface area contributed by atoms with E-state index in [2.05, 4.69) is 64.9 Å². The Kier molecular flexibility index (Phi) is 4.36. The summed E-state index contributed by atoms with van der Waals surface area (Å²) in [6.45, 7) is 6.09. The molecule has 0 aliphatic rings. The van der Waals surface area contributed by atoms with Crippen LogP contribution in [-0.4, -0.2) is 15.8 Å². The molecular weight excluding hydrogens is 278 g/mol. The topological polar surface area (TPSA) is 29.9 Å². The molecule has 0 bridgehead atoms. The molecule has 4 heteroatoms. The number of fused-ring (bicyclic) bond motifs is 1. The molecule has 0 saturated heterocycles. The molecule has 1 N–H and O–H groups in total. The highest BCUT2D eigenvalue weighted by molar-refractivity contribution is 7.07. The first-order chi connectivity index (χ1) is 10.3. The Morgan fingerprint density at radius 2 is 2.14 bits per heavy atom. The number of hydrogen-bond acceptors (Lipinski definition) is 3. The highest BCUT2D eigenvalue weighted by atomic mass is 32.1. The van der Waals surface area contributed by atoms with E-state index in [0.717, 1.165) is 25.2 Å². The van der Waals surface area contributed by atoms with Gasteiger partial charge in [0.25, 0.3) is 0 Å². The molecule has 0 fully saturated rings. The normalized spacial score (nSPS) is 12.9. The second-order valence-corrected chi connectivity index (χ2v) is 6.18. The lowest BCUT2D eigenvalue weighted by molar-refractivity contribution is 0.535. The minimum Gasteiger partial charge on any atom is -0.308 e. The second kappa shape index (κ2) is 6.41. The largest absolute Gasteiger partial charge is 0.308 e. The standard InChI is InChI=1S/C17H21N3S/c1-3-20-17-7-5-4-6-15(17)16(19-20)11-18-13(2)10-14-8-9-21-12-14/h4-9,12-13,18H,3,10-11H2,1-2H3. The number of para-hydroxylation sites is 1. The zero-order chi connectivity index (χ0) is 14.7. The number of aromatic nitrogens is 2. The van der Waals surface area contributed by atoms with E-state index in [1.807, 2.05) is 0 Å². The Labute approximate surface area is 129 Å². The summed E-state index contributed by atoms with van der Waals surface area (Å²) in [5, 5.41) is 13.9. The van der Waals surface area contributed by atoms with Gasteiger partial charge in [-0.1, -0.05) is 18.2 Å². The first-order valence-corrected chi connectivity index (χ1v) is 8.41. The van der Waals surface area contributed by atoms with E-state index >= 15 is 0 Å². The van der Waals surface area contributed by atoms with E-state index in [9.17, 15) is 0 Å². The lowest BCUT2D eigenvalue weighted by atomic mass is 10.1. The fourth-order valence-electron chi connectivity index (χ4n) is 2.67. The van der Waals surface area contributed by atoms with Crippen LogP contribution in [0.25, 0.3) is 10.9 Å². The van der Waals surface area contributed by atoms with Gasteiger partial charge in [-0.25, -0.2) is 0 Å². The number of rotatable bonds is 6. The summed E-state index contributed by atoms with van der Waals surface area (Å²) in [4.78, 5) is 0. The molecule has 3 aromatic rings. The fraction of sp³-hybridized carbons (Fsp3) is 0.353. The van der Waals surface area contributed by atoms with Crippen molar-refractivity contribution in [2.45, 2.75) is 39.4 Å². The van der Waals surface area contributed by atoms with E-state index in [0.29, 0.717) is 6.04 Å². The average molecular weight is 299 g/mol. The third-order valence-corrected chi connectivity index (χ3v) is 4.51.